The smallest absolute Gasteiger partial charge is 0.317 e. The van der Waals surface area contributed by atoms with Gasteiger partial charge in [0.2, 0.25) is 0 Å². The largest absolute Gasteiger partial charge is 0.465 e. The lowest BCUT2D eigenvalue weighted by Crippen LogP contribution is -2.49. The number of halogens is 1. The minimum atomic E-state index is -0.541. The van der Waals surface area contributed by atoms with E-state index in [4.69, 9.17) is 4.74 Å². The summed E-state index contributed by atoms with van der Waals surface area (Å²) >= 11 is 0. The summed E-state index contributed by atoms with van der Waals surface area (Å²) in [6.45, 7) is 3.53. The lowest BCUT2D eigenvalue weighted by molar-refractivity contribution is -0.154. The summed E-state index contributed by atoms with van der Waals surface area (Å²) in [7, 11) is 0. The Bertz CT molecular complexity index is 316. The second kappa shape index (κ2) is 7.85. The van der Waals surface area contributed by atoms with E-state index in [2.05, 4.69) is 4.90 Å². The zero-order chi connectivity index (χ0) is 13.0. The second-order valence-corrected chi connectivity index (χ2v) is 5.31. The molecule has 1 heterocycles. The van der Waals surface area contributed by atoms with Crippen LogP contribution in [-0.2, 0) is 14.3 Å². The molecular formula is C14H24ClNO3. The molecule has 1 aliphatic heterocycles. The van der Waals surface area contributed by atoms with Gasteiger partial charge in [0.25, 0.3) is 0 Å². The first kappa shape index (κ1) is 16.4. The van der Waals surface area contributed by atoms with E-state index in [0.717, 1.165) is 6.54 Å². The molecule has 19 heavy (non-hydrogen) atoms. The zero-order valence-electron chi connectivity index (χ0n) is 11.6. The molecule has 1 aliphatic carbocycles. The van der Waals surface area contributed by atoms with Crippen LogP contribution in [0, 0.1) is 5.92 Å². The molecule has 110 valence electrons. The van der Waals surface area contributed by atoms with Crippen LogP contribution in [0.5, 0.6) is 0 Å². The average molecular weight is 290 g/mol. The van der Waals surface area contributed by atoms with Crippen molar-refractivity contribution >= 4 is 24.2 Å². The van der Waals surface area contributed by atoms with Gasteiger partial charge in [-0.15, -0.1) is 12.4 Å². The van der Waals surface area contributed by atoms with Gasteiger partial charge in [-0.1, -0.05) is 19.3 Å². The molecule has 1 atom stereocenters. The molecular weight excluding hydrogens is 266 g/mol. The Labute approximate surface area is 121 Å². The first-order chi connectivity index (χ1) is 8.72. The molecule has 0 amide bonds. The van der Waals surface area contributed by atoms with E-state index in [1.165, 1.54) is 32.1 Å². The molecule has 2 rings (SSSR count). The van der Waals surface area contributed by atoms with E-state index in [0.29, 0.717) is 25.6 Å². The lowest BCUT2D eigenvalue weighted by atomic mass is 9.89. The summed E-state index contributed by atoms with van der Waals surface area (Å²) < 4.78 is 5.00. The number of hydrogen-bond acceptors (Lipinski definition) is 4. The van der Waals surface area contributed by atoms with Gasteiger partial charge in [-0.25, -0.2) is 0 Å². The highest BCUT2D eigenvalue weighted by Crippen LogP contribution is 2.26. The number of ether oxygens (including phenoxy) is 1. The highest BCUT2D eigenvalue weighted by Gasteiger charge is 2.36. The molecule has 0 aromatic heterocycles. The van der Waals surface area contributed by atoms with Gasteiger partial charge in [-0.05, 0) is 19.8 Å². The number of carbonyl (C=O) groups is 2. The van der Waals surface area contributed by atoms with E-state index in [-0.39, 0.29) is 24.2 Å². The summed E-state index contributed by atoms with van der Waals surface area (Å²) in [5.74, 6) is -0.816. The van der Waals surface area contributed by atoms with E-state index in [9.17, 15) is 9.59 Å². The fourth-order valence-electron chi connectivity index (χ4n) is 3.08. The van der Waals surface area contributed by atoms with Crippen molar-refractivity contribution in [1.82, 2.24) is 4.90 Å². The quantitative estimate of drug-likeness (QED) is 0.590. The molecule has 0 N–H and O–H groups in total. The van der Waals surface area contributed by atoms with Crippen molar-refractivity contribution in [2.75, 3.05) is 19.7 Å². The number of hydrogen-bond donors (Lipinski definition) is 0. The number of nitrogens with zero attached hydrogens (tertiary/aromatic N) is 1. The fourth-order valence-corrected chi connectivity index (χ4v) is 3.08. The van der Waals surface area contributed by atoms with Crippen molar-refractivity contribution < 1.29 is 14.3 Å². The van der Waals surface area contributed by atoms with Crippen molar-refractivity contribution in [2.24, 2.45) is 5.92 Å². The van der Waals surface area contributed by atoms with Crippen LogP contribution in [0.3, 0.4) is 0 Å². The van der Waals surface area contributed by atoms with Gasteiger partial charge < -0.3 is 4.74 Å². The predicted molar refractivity (Wildman–Crippen MR) is 75.4 cm³/mol. The Morgan fingerprint density at radius 3 is 2.63 bits per heavy atom. The van der Waals surface area contributed by atoms with Crippen LogP contribution in [0.4, 0.5) is 0 Å². The van der Waals surface area contributed by atoms with E-state index < -0.39 is 5.92 Å². The van der Waals surface area contributed by atoms with E-state index >= 15 is 0 Å². The van der Waals surface area contributed by atoms with Crippen molar-refractivity contribution in [1.29, 1.82) is 0 Å². The standard InChI is InChI=1S/C14H23NO3.ClH/c1-2-18-14(17)12-10-15(9-8-13(12)16)11-6-4-3-5-7-11;/h11-12H,2-10H2,1H3;1H. The van der Waals surface area contributed by atoms with Crippen molar-refractivity contribution in [2.45, 2.75) is 51.5 Å². The van der Waals surface area contributed by atoms with Gasteiger partial charge in [-0.2, -0.15) is 0 Å². The third-order valence-electron chi connectivity index (χ3n) is 4.11. The van der Waals surface area contributed by atoms with Crippen LogP contribution in [0.15, 0.2) is 0 Å². The third-order valence-corrected chi connectivity index (χ3v) is 4.11. The van der Waals surface area contributed by atoms with Gasteiger partial charge in [0.15, 0.2) is 0 Å². The van der Waals surface area contributed by atoms with Crippen LogP contribution < -0.4 is 0 Å². The van der Waals surface area contributed by atoms with Crippen molar-refractivity contribution in [3.05, 3.63) is 0 Å². The molecule has 0 bridgehead atoms. The highest BCUT2D eigenvalue weighted by molar-refractivity contribution is 5.99. The van der Waals surface area contributed by atoms with Crippen LogP contribution in [0.25, 0.3) is 0 Å². The summed E-state index contributed by atoms with van der Waals surface area (Å²) in [6, 6.07) is 0.573. The maximum Gasteiger partial charge on any atom is 0.317 e. The summed E-state index contributed by atoms with van der Waals surface area (Å²) in [5, 5.41) is 0. The van der Waals surface area contributed by atoms with E-state index in [1.807, 2.05) is 0 Å². The monoisotopic (exact) mass is 289 g/mol. The zero-order valence-corrected chi connectivity index (χ0v) is 12.4. The Kier molecular flexibility index (Phi) is 6.80. The van der Waals surface area contributed by atoms with Gasteiger partial charge in [-0.3, -0.25) is 14.5 Å². The Hall–Kier alpha value is -0.610. The average Bonchev–Trinajstić information content (AvgIpc) is 2.40. The van der Waals surface area contributed by atoms with Gasteiger partial charge >= 0.3 is 5.97 Å². The molecule has 4 nitrogen and oxygen atoms in total. The first-order valence-corrected chi connectivity index (χ1v) is 7.15. The van der Waals surface area contributed by atoms with Crippen molar-refractivity contribution in [3.8, 4) is 0 Å². The molecule has 1 saturated carbocycles. The Morgan fingerprint density at radius 1 is 1.32 bits per heavy atom. The molecule has 2 aliphatic rings. The van der Waals surface area contributed by atoms with Crippen LogP contribution in [0.2, 0.25) is 0 Å². The Balaban J connectivity index is 0.00000180. The third kappa shape index (κ3) is 4.18. The number of carbonyl (C=O) groups excluding carboxylic acids is 2. The summed E-state index contributed by atoms with van der Waals surface area (Å²) in [4.78, 5) is 25.9. The number of rotatable bonds is 3. The molecule has 5 heteroatoms. The normalized spacial score (nSPS) is 25.7. The number of ketones is 1. The van der Waals surface area contributed by atoms with Crippen LogP contribution in [-0.4, -0.2) is 42.4 Å². The Morgan fingerprint density at radius 2 is 2.00 bits per heavy atom. The SMILES string of the molecule is CCOC(=O)C1CN(C2CCCCC2)CCC1=O.Cl. The fraction of sp³-hybridized carbons (Fsp3) is 0.857. The van der Waals surface area contributed by atoms with Crippen LogP contribution in [0.1, 0.15) is 45.4 Å². The first-order valence-electron chi connectivity index (χ1n) is 7.15. The lowest BCUT2D eigenvalue weighted by Gasteiger charge is -2.38. The van der Waals surface area contributed by atoms with Gasteiger partial charge in [0, 0.05) is 25.6 Å². The number of piperidine rings is 1. The number of esters is 1. The molecule has 2 fully saturated rings. The maximum absolute atomic E-state index is 11.8. The summed E-state index contributed by atoms with van der Waals surface area (Å²) in [6.07, 6.45) is 6.80. The van der Waals surface area contributed by atoms with Crippen molar-refractivity contribution in [3.63, 3.8) is 0 Å². The molecule has 1 unspecified atom stereocenters. The molecule has 0 spiro atoms. The maximum atomic E-state index is 11.8. The van der Waals surface area contributed by atoms with Gasteiger partial charge in [0.05, 0.1) is 6.61 Å². The number of Topliss-reactive ketones (excluding diaryl/α,β-unsaturated/α-hetero) is 1. The minimum absolute atomic E-state index is 0. The molecule has 0 radical (unpaired) electrons. The minimum Gasteiger partial charge on any atom is -0.465 e. The molecule has 0 aromatic rings. The second-order valence-electron chi connectivity index (χ2n) is 5.31. The van der Waals surface area contributed by atoms with E-state index in [1.54, 1.807) is 6.92 Å². The number of likely N-dealkylation sites (tertiary alicyclic amines) is 1. The van der Waals surface area contributed by atoms with Crippen LogP contribution >= 0.6 is 12.4 Å². The highest BCUT2D eigenvalue weighted by atomic mass is 35.5. The van der Waals surface area contributed by atoms with Gasteiger partial charge in [0.1, 0.15) is 11.7 Å². The molecule has 1 saturated heterocycles. The predicted octanol–water partition coefficient (Wildman–Crippen LogP) is 2.20. The summed E-state index contributed by atoms with van der Waals surface area (Å²) in [5.41, 5.74) is 0. The molecule has 0 aromatic carbocycles. The topological polar surface area (TPSA) is 46.6 Å².